The number of carbonyl (C=O) groups is 1. The molecule has 2 aromatic carbocycles. The first-order chi connectivity index (χ1) is 19.4. The van der Waals surface area contributed by atoms with Crippen LogP contribution >= 0.6 is 0 Å². The minimum absolute atomic E-state index is 0.0616. The second-order valence-corrected chi connectivity index (χ2v) is 12.0. The van der Waals surface area contributed by atoms with Gasteiger partial charge in [0.1, 0.15) is 22.9 Å². The Hall–Kier alpha value is -3.55. The minimum Gasteiger partial charge on any atom is -0.497 e. The van der Waals surface area contributed by atoms with E-state index in [2.05, 4.69) is 6.92 Å². The van der Waals surface area contributed by atoms with Gasteiger partial charge in [-0.05, 0) is 89.3 Å². The standard InChI is InChI=1S/C33H47N3O5/c1-8-9-10-11-22-35-29(34-36(31(35)38)24-26-15-12-16-28(23-26)39-7)17-13-14-25-18-20-27(21-19-25)40-33(5,6)30(37)41-32(2,3)4/h12,15-16,18-21,23H,8-11,13-14,17,22,24H2,1-7H3. The molecular weight excluding hydrogens is 518 g/mol. The van der Waals surface area contributed by atoms with Crippen molar-refractivity contribution in [1.29, 1.82) is 0 Å². The van der Waals surface area contributed by atoms with Crippen molar-refractivity contribution < 1.29 is 19.0 Å². The number of aryl methyl sites for hydroxylation is 2. The number of nitrogens with zero attached hydrogens (tertiary/aromatic N) is 3. The van der Waals surface area contributed by atoms with Gasteiger partial charge < -0.3 is 14.2 Å². The molecule has 0 spiro atoms. The molecule has 0 N–H and O–H groups in total. The highest BCUT2D eigenvalue weighted by molar-refractivity contribution is 5.79. The fourth-order valence-electron chi connectivity index (χ4n) is 4.55. The van der Waals surface area contributed by atoms with Crippen LogP contribution in [-0.4, -0.2) is 38.6 Å². The van der Waals surface area contributed by atoms with Crippen LogP contribution in [0, 0.1) is 0 Å². The third-order valence-corrected chi connectivity index (χ3v) is 6.75. The number of ether oxygens (including phenoxy) is 3. The van der Waals surface area contributed by atoms with Crippen molar-refractivity contribution in [2.75, 3.05) is 7.11 Å². The van der Waals surface area contributed by atoms with Gasteiger partial charge in [0.25, 0.3) is 0 Å². The molecule has 0 atom stereocenters. The number of benzene rings is 2. The quantitative estimate of drug-likeness (QED) is 0.158. The van der Waals surface area contributed by atoms with Crippen LogP contribution in [0.2, 0.25) is 0 Å². The first-order valence-corrected chi connectivity index (χ1v) is 14.7. The SMILES string of the molecule is CCCCCCn1c(CCCc2ccc(OC(C)(C)C(=O)OC(C)(C)C)cc2)nn(Cc2cccc(OC)c2)c1=O. The number of hydrogen-bond donors (Lipinski definition) is 0. The highest BCUT2D eigenvalue weighted by Gasteiger charge is 2.34. The van der Waals surface area contributed by atoms with Gasteiger partial charge in [0.05, 0.1) is 13.7 Å². The fourth-order valence-corrected chi connectivity index (χ4v) is 4.55. The summed E-state index contributed by atoms with van der Waals surface area (Å²) in [4.78, 5) is 25.8. The zero-order chi connectivity index (χ0) is 30.0. The van der Waals surface area contributed by atoms with Crippen molar-refractivity contribution in [3.63, 3.8) is 0 Å². The summed E-state index contributed by atoms with van der Waals surface area (Å²) in [5.74, 6) is 1.80. The first kappa shape index (κ1) is 32.0. The van der Waals surface area contributed by atoms with Crippen LogP contribution in [0.1, 0.15) is 90.6 Å². The molecule has 8 heteroatoms. The maximum absolute atomic E-state index is 13.3. The van der Waals surface area contributed by atoms with E-state index in [1.54, 1.807) is 25.6 Å². The van der Waals surface area contributed by atoms with Gasteiger partial charge in [0, 0.05) is 13.0 Å². The van der Waals surface area contributed by atoms with E-state index in [1.165, 1.54) is 0 Å². The summed E-state index contributed by atoms with van der Waals surface area (Å²) in [6.07, 6.45) is 6.78. The Balaban J connectivity index is 1.65. The third kappa shape index (κ3) is 9.80. The van der Waals surface area contributed by atoms with Crippen molar-refractivity contribution in [3.05, 3.63) is 76.0 Å². The van der Waals surface area contributed by atoms with E-state index in [9.17, 15) is 9.59 Å². The van der Waals surface area contributed by atoms with E-state index < -0.39 is 17.2 Å². The molecule has 0 saturated carbocycles. The van der Waals surface area contributed by atoms with Crippen molar-refractivity contribution in [1.82, 2.24) is 14.3 Å². The van der Waals surface area contributed by atoms with Gasteiger partial charge in [-0.15, -0.1) is 0 Å². The van der Waals surface area contributed by atoms with Crippen LogP contribution in [0.4, 0.5) is 0 Å². The monoisotopic (exact) mass is 565 g/mol. The van der Waals surface area contributed by atoms with E-state index in [0.717, 1.165) is 61.2 Å². The van der Waals surface area contributed by atoms with Gasteiger partial charge in [0.2, 0.25) is 0 Å². The third-order valence-electron chi connectivity index (χ3n) is 6.75. The molecule has 1 heterocycles. The fraction of sp³-hybridized carbons (Fsp3) is 0.545. The summed E-state index contributed by atoms with van der Waals surface area (Å²) in [5.41, 5.74) is 0.394. The molecule has 0 aliphatic rings. The van der Waals surface area contributed by atoms with Crippen LogP contribution in [0.25, 0.3) is 0 Å². The van der Waals surface area contributed by atoms with Crippen LogP contribution in [0.3, 0.4) is 0 Å². The average molecular weight is 566 g/mol. The highest BCUT2D eigenvalue weighted by atomic mass is 16.6. The van der Waals surface area contributed by atoms with E-state index in [-0.39, 0.29) is 5.69 Å². The molecule has 0 saturated heterocycles. The molecule has 8 nitrogen and oxygen atoms in total. The normalized spacial score (nSPS) is 11.9. The predicted octanol–water partition coefficient (Wildman–Crippen LogP) is 6.36. The number of rotatable bonds is 15. The van der Waals surface area contributed by atoms with Crippen molar-refractivity contribution in [2.45, 2.75) is 111 Å². The second kappa shape index (κ2) is 14.4. The smallest absolute Gasteiger partial charge is 0.350 e. The largest absolute Gasteiger partial charge is 0.497 e. The lowest BCUT2D eigenvalue weighted by atomic mass is 10.1. The number of esters is 1. The lowest BCUT2D eigenvalue weighted by Crippen LogP contribution is -2.43. The number of aromatic nitrogens is 3. The molecule has 0 amide bonds. The topological polar surface area (TPSA) is 84.6 Å². The predicted molar refractivity (Wildman–Crippen MR) is 162 cm³/mol. The highest BCUT2D eigenvalue weighted by Crippen LogP contribution is 2.23. The van der Waals surface area contributed by atoms with Crippen molar-refractivity contribution in [3.8, 4) is 11.5 Å². The van der Waals surface area contributed by atoms with E-state index in [0.29, 0.717) is 25.3 Å². The van der Waals surface area contributed by atoms with Crippen molar-refractivity contribution in [2.24, 2.45) is 0 Å². The number of hydrogen-bond acceptors (Lipinski definition) is 6. The van der Waals surface area contributed by atoms with Crippen LogP contribution in [0.15, 0.2) is 53.3 Å². The first-order valence-electron chi connectivity index (χ1n) is 14.7. The van der Waals surface area contributed by atoms with Crippen LogP contribution < -0.4 is 15.2 Å². The summed E-state index contributed by atoms with van der Waals surface area (Å²) in [7, 11) is 1.64. The Bertz CT molecular complexity index is 1320. The molecule has 3 rings (SSSR count). The Kier molecular flexibility index (Phi) is 11.2. The Morgan fingerprint density at radius 3 is 2.27 bits per heavy atom. The molecule has 3 aromatic rings. The maximum atomic E-state index is 13.3. The van der Waals surface area contributed by atoms with Crippen LogP contribution in [0.5, 0.6) is 11.5 Å². The van der Waals surface area contributed by atoms with Gasteiger partial charge in [-0.2, -0.15) is 5.10 Å². The van der Waals surface area contributed by atoms with E-state index >= 15 is 0 Å². The average Bonchev–Trinajstić information content (AvgIpc) is 3.20. The second-order valence-electron chi connectivity index (χ2n) is 12.0. The number of carbonyl (C=O) groups excluding carboxylic acids is 1. The van der Waals surface area contributed by atoms with Crippen LogP contribution in [-0.2, 0) is 35.5 Å². The Labute approximate surface area is 244 Å². The molecule has 1 aromatic heterocycles. The summed E-state index contributed by atoms with van der Waals surface area (Å²) in [6.45, 7) is 12.2. The molecule has 0 aliphatic heterocycles. The zero-order valence-electron chi connectivity index (χ0n) is 25.9. The summed E-state index contributed by atoms with van der Waals surface area (Å²) in [6, 6.07) is 15.5. The van der Waals surface area contributed by atoms with Gasteiger partial charge in [-0.3, -0.25) is 4.57 Å². The summed E-state index contributed by atoms with van der Waals surface area (Å²) in [5, 5.41) is 4.75. The Morgan fingerprint density at radius 2 is 1.61 bits per heavy atom. The molecule has 0 unspecified atom stereocenters. The lowest BCUT2D eigenvalue weighted by molar-refractivity contribution is -0.170. The molecule has 0 bridgehead atoms. The molecule has 0 aliphatic carbocycles. The summed E-state index contributed by atoms with van der Waals surface area (Å²) < 4.78 is 20.2. The molecule has 0 fully saturated rings. The number of unbranched alkanes of at least 4 members (excludes halogenated alkanes) is 3. The minimum atomic E-state index is -1.10. The summed E-state index contributed by atoms with van der Waals surface area (Å²) >= 11 is 0. The van der Waals surface area contributed by atoms with Crippen molar-refractivity contribution >= 4 is 5.97 Å². The molecule has 224 valence electrons. The molecule has 0 radical (unpaired) electrons. The number of methoxy groups -OCH3 is 1. The molecular formula is C33H47N3O5. The maximum Gasteiger partial charge on any atom is 0.350 e. The van der Waals surface area contributed by atoms with E-state index in [4.69, 9.17) is 19.3 Å². The van der Waals surface area contributed by atoms with Gasteiger partial charge >= 0.3 is 11.7 Å². The zero-order valence-corrected chi connectivity index (χ0v) is 25.9. The Morgan fingerprint density at radius 1 is 0.878 bits per heavy atom. The molecule has 41 heavy (non-hydrogen) atoms. The van der Waals surface area contributed by atoms with Gasteiger partial charge in [-0.1, -0.05) is 50.5 Å². The lowest BCUT2D eigenvalue weighted by Gasteiger charge is -2.29. The van der Waals surface area contributed by atoms with Gasteiger partial charge in [0.15, 0.2) is 5.60 Å². The van der Waals surface area contributed by atoms with E-state index in [1.807, 2.05) is 73.9 Å². The van der Waals surface area contributed by atoms with Gasteiger partial charge in [-0.25, -0.2) is 14.3 Å².